The quantitative estimate of drug-likeness (QED) is 0.918. The van der Waals surface area contributed by atoms with E-state index in [-0.39, 0.29) is 11.9 Å². The summed E-state index contributed by atoms with van der Waals surface area (Å²) in [6.07, 6.45) is 4.78. The number of aromatic amines is 1. The van der Waals surface area contributed by atoms with Crippen LogP contribution in [0.3, 0.4) is 0 Å². The van der Waals surface area contributed by atoms with Crippen LogP contribution in [-0.2, 0) is 4.79 Å². The minimum absolute atomic E-state index is 0.0159. The van der Waals surface area contributed by atoms with Crippen LogP contribution < -0.4 is 0 Å². The van der Waals surface area contributed by atoms with Crippen LogP contribution in [-0.4, -0.2) is 37.5 Å². The first-order chi connectivity index (χ1) is 10.1. The number of carbonyl (C=O) groups excluding carboxylic acids is 1. The van der Waals surface area contributed by atoms with E-state index in [1.54, 1.807) is 13.1 Å². The SMILES string of the molecule is CC(=O)N1CCCC[C@@H]1c1nc(C)cc(-c2ccn[nH]2)n1. The fraction of sp³-hybridized carbons (Fsp3) is 0.467. The summed E-state index contributed by atoms with van der Waals surface area (Å²) >= 11 is 0. The lowest BCUT2D eigenvalue weighted by Crippen LogP contribution is -2.37. The smallest absolute Gasteiger partial charge is 0.220 e. The second-order valence-electron chi connectivity index (χ2n) is 5.45. The van der Waals surface area contributed by atoms with Gasteiger partial charge in [0.15, 0.2) is 5.82 Å². The number of aromatic nitrogens is 4. The van der Waals surface area contributed by atoms with Crippen molar-refractivity contribution >= 4 is 5.91 Å². The summed E-state index contributed by atoms with van der Waals surface area (Å²) in [7, 11) is 0. The van der Waals surface area contributed by atoms with E-state index >= 15 is 0 Å². The highest BCUT2D eigenvalue weighted by Crippen LogP contribution is 2.30. The van der Waals surface area contributed by atoms with Crippen molar-refractivity contribution in [3.63, 3.8) is 0 Å². The molecule has 1 fully saturated rings. The number of hydrogen-bond acceptors (Lipinski definition) is 4. The van der Waals surface area contributed by atoms with Gasteiger partial charge in [0, 0.05) is 25.4 Å². The van der Waals surface area contributed by atoms with Crippen LogP contribution in [0, 0.1) is 6.92 Å². The molecule has 1 aliphatic heterocycles. The molecule has 2 aromatic rings. The number of nitrogens with one attached hydrogen (secondary N) is 1. The number of amides is 1. The first-order valence-electron chi connectivity index (χ1n) is 7.27. The normalized spacial score (nSPS) is 18.8. The maximum atomic E-state index is 11.8. The highest BCUT2D eigenvalue weighted by molar-refractivity contribution is 5.73. The van der Waals surface area contributed by atoms with Crippen molar-refractivity contribution in [1.82, 2.24) is 25.1 Å². The molecule has 110 valence electrons. The molecule has 2 aromatic heterocycles. The summed E-state index contributed by atoms with van der Waals surface area (Å²) in [6.45, 7) is 4.35. The van der Waals surface area contributed by atoms with Crippen molar-refractivity contribution in [3.8, 4) is 11.4 Å². The number of nitrogens with zero attached hydrogens (tertiary/aromatic N) is 4. The predicted octanol–water partition coefficient (Wildman–Crippen LogP) is 2.25. The van der Waals surface area contributed by atoms with Gasteiger partial charge >= 0.3 is 0 Å². The van der Waals surface area contributed by atoms with Gasteiger partial charge in [0.2, 0.25) is 5.91 Å². The van der Waals surface area contributed by atoms with Gasteiger partial charge < -0.3 is 4.90 Å². The molecule has 1 aliphatic rings. The molecule has 1 saturated heterocycles. The topological polar surface area (TPSA) is 74.8 Å². The number of rotatable bonds is 2. The molecular formula is C15H19N5O. The largest absolute Gasteiger partial charge is 0.333 e. The van der Waals surface area contributed by atoms with Gasteiger partial charge in [0.05, 0.1) is 17.4 Å². The van der Waals surface area contributed by atoms with E-state index in [1.165, 1.54) is 0 Å². The molecule has 1 N–H and O–H groups in total. The third-order valence-electron chi connectivity index (χ3n) is 3.85. The standard InChI is InChI=1S/C15H19N5O/c1-10-9-13(12-6-7-16-19-12)18-15(17-10)14-5-3-4-8-20(14)11(2)21/h6-7,9,14H,3-5,8H2,1-2H3,(H,16,19)/t14-/m1/s1. The van der Waals surface area contributed by atoms with E-state index in [0.717, 1.165) is 48.7 Å². The Bertz CT molecular complexity index is 638. The highest BCUT2D eigenvalue weighted by atomic mass is 16.2. The van der Waals surface area contributed by atoms with Gasteiger partial charge in [-0.15, -0.1) is 0 Å². The molecule has 0 radical (unpaired) electrons. The van der Waals surface area contributed by atoms with Gasteiger partial charge in [0.1, 0.15) is 0 Å². The number of hydrogen-bond donors (Lipinski definition) is 1. The fourth-order valence-electron chi connectivity index (χ4n) is 2.85. The molecule has 0 bridgehead atoms. The molecular weight excluding hydrogens is 266 g/mol. The summed E-state index contributed by atoms with van der Waals surface area (Å²) in [6, 6.07) is 3.80. The summed E-state index contributed by atoms with van der Waals surface area (Å²) in [4.78, 5) is 22.9. The molecule has 0 spiro atoms. The van der Waals surface area contributed by atoms with E-state index in [4.69, 9.17) is 0 Å². The zero-order valence-corrected chi connectivity index (χ0v) is 12.3. The van der Waals surface area contributed by atoms with Gasteiger partial charge in [-0.05, 0) is 38.3 Å². The van der Waals surface area contributed by atoms with Crippen LogP contribution in [0.5, 0.6) is 0 Å². The second-order valence-corrected chi connectivity index (χ2v) is 5.45. The minimum Gasteiger partial charge on any atom is -0.333 e. The summed E-state index contributed by atoms with van der Waals surface area (Å²) in [5.41, 5.74) is 2.59. The Kier molecular flexibility index (Phi) is 3.68. The molecule has 0 aromatic carbocycles. The zero-order chi connectivity index (χ0) is 14.8. The minimum atomic E-state index is -0.0159. The Morgan fingerprint density at radius 3 is 2.95 bits per heavy atom. The van der Waals surface area contributed by atoms with Crippen LogP contribution in [0.1, 0.15) is 43.7 Å². The Morgan fingerprint density at radius 2 is 2.24 bits per heavy atom. The molecule has 1 atom stereocenters. The number of piperidine rings is 1. The Morgan fingerprint density at radius 1 is 1.38 bits per heavy atom. The summed E-state index contributed by atoms with van der Waals surface area (Å²) in [5, 5.41) is 6.89. The first kappa shape index (κ1) is 13.7. The molecule has 3 heterocycles. The molecule has 0 unspecified atom stereocenters. The second kappa shape index (κ2) is 5.63. The molecule has 0 aliphatic carbocycles. The lowest BCUT2D eigenvalue weighted by molar-refractivity contribution is -0.132. The number of aryl methyl sites for hydroxylation is 1. The van der Waals surface area contributed by atoms with Gasteiger partial charge in [-0.3, -0.25) is 9.89 Å². The lowest BCUT2D eigenvalue weighted by Gasteiger charge is -2.34. The monoisotopic (exact) mass is 285 g/mol. The molecule has 6 nitrogen and oxygen atoms in total. The molecule has 1 amide bonds. The van der Waals surface area contributed by atoms with Crippen molar-refractivity contribution in [2.75, 3.05) is 6.54 Å². The Balaban J connectivity index is 1.99. The average molecular weight is 285 g/mol. The van der Waals surface area contributed by atoms with Gasteiger partial charge in [-0.1, -0.05) is 0 Å². The maximum Gasteiger partial charge on any atom is 0.220 e. The van der Waals surface area contributed by atoms with E-state index in [0.29, 0.717) is 0 Å². The molecule has 6 heteroatoms. The summed E-state index contributed by atoms with van der Waals surface area (Å²) < 4.78 is 0. The van der Waals surface area contributed by atoms with E-state index in [1.807, 2.05) is 24.0 Å². The summed E-state index contributed by atoms with van der Waals surface area (Å²) in [5.74, 6) is 0.822. The molecule has 21 heavy (non-hydrogen) atoms. The van der Waals surface area contributed by atoms with Gasteiger partial charge in [-0.25, -0.2) is 9.97 Å². The average Bonchev–Trinajstić information content (AvgIpc) is 3.01. The predicted molar refractivity (Wildman–Crippen MR) is 78.3 cm³/mol. The third-order valence-corrected chi connectivity index (χ3v) is 3.85. The fourth-order valence-corrected chi connectivity index (χ4v) is 2.85. The van der Waals surface area contributed by atoms with E-state index in [9.17, 15) is 4.79 Å². The molecule has 3 rings (SSSR count). The van der Waals surface area contributed by atoms with Crippen LogP contribution in [0.4, 0.5) is 0 Å². The van der Waals surface area contributed by atoms with Crippen LogP contribution in [0.15, 0.2) is 18.3 Å². The van der Waals surface area contributed by atoms with Crippen LogP contribution >= 0.6 is 0 Å². The van der Waals surface area contributed by atoms with Crippen molar-refractivity contribution < 1.29 is 4.79 Å². The van der Waals surface area contributed by atoms with Crippen molar-refractivity contribution in [1.29, 1.82) is 0 Å². The van der Waals surface area contributed by atoms with Crippen LogP contribution in [0.25, 0.3) is 11.4 Å². The Labute approximate surface area is 123 Å². The van der Waals surface area contributed by atoms with Crippen molar-refractivity contribution in [2.45, 2.75) is 39.2 Å². The molecule has 0 saturated carbocycles. The van der Waals surface area contributed by atoms with E-state index < -0.39 is 0 Å². The van der Waals surface area contributed by atoms with Gasteiger partial charge in [-0.2, -0.15) is 5.10 Å². The lowest BCUT2D eigenvalue weighted by atomic mass is 10.0. The maximum absolute atomic E-state index is 11.8. The first-order valence-corrected chi connectivity index (χ1v) is 7.27. The Hall–Kier alpha value is -2.24. The highest BCUT2D eigenvalue weighted by Gasteiger charge is 2.28. The van der Waals surface area contributed by atoms with Gasteiger partial charge in [0.25, 0.3) is 0 Å². The zero-order valence-electron chi connectivity index (χ0n) is 12.3. The van der Waals surface area contributed by atoms with Crippen molar-refractivity contribution in [3.05, 3.63) is 29.8 Å². The number of carbonyl (C=O) groups is 1. The van der Waals surface area contributed by atoms with E-state index in [2.05, 4.69) is 20.2 Å². The van der Waals surface area contributed by atoms with Crippen LogP contribution in [0.2, 0.25) is 0 Å². The number of likely N-dealkylation sites (tertiary alicyclic amines) is 1. The third kappa shape index (κ3) is 2.79. The number of H-pyrrole nitrogens is 1. The van der Waals surface area contributed by atoms with Crippen molar-refractivity contribution in [2.24, 2.45) is 0 Å².